The molecule has 1 saturated carbocycles. The molecule has 0 unspecified atom stereocenters. The quantitative estimate of drug-likeness (QED) is 0.462. The van der Waals surface area contributed by atoms with Crippen molar-refractivity contribution in [1.29, 1.82) is 0 Å². The smallest absolute Gasteiger partial charge is 0.265 e. The second-order valence-corrected chi connectivity index (χ2v) is 9.57. The Morgan fingerprint density at radius 3 is 2.23 bits per heavy atom. The van der Waals surface area contributed by atoms with Crippen LogP contribution in [0.3, 0.4) is 0 Å². The van der Waals surface area contributed by atoms with Crippen molar-refractivity contribution in [2.24, 2.45) is 5.41 Å². The maximum atomic E-state index is 13.6. The third kappa shape index (κ3) is 2.01. The van der Waals surface area contributed by atoms with Gasteiger partial charge in [-0.3, -0.25) is 4.79 Å². The van der Waals surface area contributed by atoms with Crippen LogP contribution >= 0.6 is 0 Å². The molecule has 0 amide bonds. The van der Waals surface area contributed by atoms with Crippen molar-refractivity contribution in [2.75, 3.05) is 0 Å². The second-order valence-electron chi connectivity index (χ2n) is 9.57. The fourth-order valence-corrected chi connectivity index (χ4v) is 5.95. The molecule has 1 fully saturated rings. The number of hydrogen-bond acceptors (Lipinski definition) is 2. The lowest BCUT2D eigenvalue weighted by atomic mass is 9.69. The van der Waals surface area contributed by atoms with Gasteiger partial charge in [0, 0.05) is 28.7 Å². The molecule has 6 rings (SSSR count). The predicted molar refractivity (Wildman–Crippen MR) is 119 cm³/mol. The number of benzene rings is 2. The van der Waals surface area contributed by atoms with Crippen molar-refractivity contribution in [3.8, 4) is 22.4 Å². The summed E-state index contributed by atoms with van der Waals surface area (Å²) in [6.07, 6.45) is 4.51. The molecular weight excluding hydrogens is 370 g/mol. The van der Waals surface area contributed by atoms with Crippen LogP contribution in [0.4, 0.5) is 0 Å². The fraction of sp³-hybridized carbons (Fsp3) is 0.308. The van der Waals surface area contributed by atoms with Gasteiger partial charge < -0.3 is 0 Å². The third-order valence-electron chi connectivity index (χ3n) is 8.06. The lowest BCUT2D eigenvalue weighted by molar-refractivity contribution is 0.230. The van der Waals surface area contributed by atoms with Crippen LogP contribution in [-0.4, -0.2) is 14.2 Å². The minimum Gasteiger partial charge on any atom is -0.265 e. The first kappa shape index (κ1) is 17.7. The summed E-state index contributed by atoms with van der Waals surface area (Å²) >= 11 is 0. The molecule has 2 aliphatic carbocycles. The van der Waals surface area contributed by atoms with Gasteiger partial charge in [0.25, 0.3) is 5.56 Å². The normalized spacial score (nSPS) is 23.8. The molecule has 4 aromatic rings. The van der Waals surface area contributed by atoms with E-state index in [2.05, 4.69) is 39.1 Å². The molecule has 2 bridgehead atoms. The molecule has 4 nitrogen and oxygen atoms in total. The van der Waals surface area contributed by atoms with Crippen LogP contribution < -0.4 is 5.56 Å². The average molecular weight is 396 g/mol. The Balaban J connectivity index is 1.74. The van der Waals surface area contributed by atoms with Crippen molar-refractivity contribution in [1.82, 2.24) is 14.2 Å². The highest BCUT2D eigenvalue weighted by atomic mass is 16.1. The van der Waals surface area contributed by atoms with Gasteiger partial charge in [-0.1, -0.05) is 81.4 Å². The molecule has 0 aliphatic heterocycles. The zero-order valence-corrected chi connectivity index (χ0v) is 17.6. The van der Waals surface area contributed by atoms with Crippen molar-refractivity contribution in [3.63, 3.8) is 0 Å². The average Bonchev–Trinajstić information content (AvgIpc) is 3.24. The first-order valence-corrected chi connectivity index (χ1v) is 10.7. The summed E-state index contributed by atoms with van der Waals surface area (Å²) in [5.41, 5.74) is 6.16. The summed E-state index contributed by atoms with van der Waals surface area (Å²) in [5.74, 6) is 0.407. The number of nitrogens with zero attached hydrogens (tertiary/aromatic N) is 3. The molecule has 150 valence electrons. The van der Waals surface area contributed by atoms with Crippen LogP contribution in [0.5, 0.6) is 0 Å². The summed E-state index contributed by atoms with van der Waals surface area (Å²) in [6.45, 7) is 7.09. The third-order valence-corrected chi connectivity index (χ3v) is 8.06. The summed E-state index contributed by atoms with van der Waals surface area (Å²) in [6, 6.07) is 20.1. The molecule has 2 atom stereocenters. The van der Waals surface area contributed by atoms with Gasteiger partial charge in [-0.2, -0.15) is 5.10 Å². The SMILES string of the molecule is CC1(C)[C@@H]2CC[C@@]1(C)c1cn3c(-c4ccccc4)c(-c4ccccc4)c(=O)n3nc12. The number of hydrogen-bond donors (Lipinski definition) is 0. The van der Waals surface area contributed by atoms with E-state index in [0.29, 0.717) is 11.5 Å². The van der Waals surface area contributed by atoms with Crippen LogP contribution in [0.15, 0.2) is 71.7 Å². The summed E-state index contributed by atoms with van der Waals surface area (Å²) in [5, 5.41) is 4.98. The van der Waals surface area contributed by atoms with Gasteiger partial charge in [-0.15, -0.1) is 4.63 Å². The van der Waals surface area contributed by atoms with Crippen LogP contribution in [0, 0.1) is 5.41 Å². The van der Waals surface area contributed by atoms with E-state index in [0.717, 1.165) is 28.9 Å². The maximum Gasteiger partial charge on any atom is 0.296 e. The minimum atomic E-state index is -0.0615. The van der Waals surface area contributed by atoms with Crippen LogP contribution in [-0.2, 0) is 5.41 Å². The van der Waals surface area contributed by atoms with Crippen molar-refractivity contribution < 1.29 is 0 Å². The van der Waals surface area contributed by atoms with E-state index in [9.17, 15) is 4.79 Å². The Bertz CT molecular complexity index is 1350. The molecular formula is C26H25N3O. The standard InChI is InChI=1S/C26H25N3O/c1-25(2)19-14-15-26(25,3)20-16-28-23(18-12-8-5-9-13-18)21(17-10-6-4-7-11-17)24(30)29(28)27-22(19)20/h4-13,16,19H,14-15H2,1-3H3/t19-,26+/m1/s1. The van der Waals surface area contributed by atoms with Crippen LogP contribution in [0.25, 0.3) is 22.4 Å². The van der Waals surface area contributed by atoms with Gasteiger partial charge >= 0.3 is 0 Å². The Morgan fingerprint density at radius 2 is 1.57 bits per heavy atom. The molecule has 0 N–H and O–H groups in total. The zero-order valence-electron chi connectivity index (χ0n) is 17.6. The molecule has 0 spiro atoms. The van der Waals surface area contributed by atoms with Gasteiger partial charge in [0.1, 0.15) is 0 Å². The van der Waals surface area contributed by atoms with E-state index in [1.165, 1.54) is 12.0 Å². The molecule has 2 aromatic heterocycles. The fourth-order valence-electron chi connectivity index (χ4n) is 5.95. The number of aromatic nitrogens is 3. The summed E-state index contributed by atoms with van der Waals surface area (Å²) < 4.78 is 3.57. The number of fused-ring (bicyclic) bond motifs is 6. The van der Waals surface area contributed by atoms with Gasteiger partial charge in [-0.05, 0) is 23.8 Å². The van der Waals surface area contributed by atoms with E-state index in [-0.39, 0.29) is 16.4 Å². The highest BCUT2D eigenvalue weighted by Crippen LogP contribution is 2.67. The maximum absolute atomic E-state index is 13.6. The van der Waals surface area contributed by atoms with Crippen molar-refractivity contribution >= 4 is 0 Å². The van der Waals surface area contributed by atoms with Crippen molar-refractivity contribution in [2.45, 2.75) is 44.9 Å². The molecule has 2 aromatic carbocycles. The topological polar surface area (TPSA) is 38.8 Å². The van der Waals surface area contributed by atoms with Gasteiger partial charge in [-0.25, -0.2) is 4.52 Å². The first-order valence-electron chi connectivity index (χ1n) is 10.7. The highest BCUT2D eigenvalue weighted by molar-refractivity contribution is 5.80. The molecule has 0 radical (unpaired) electrons. The predicted octanol–water partition coefficient (Wildman–Crippen LogP) is 5.30. The monoisotopic (exact) mass is 395 g/mol. The van der Waals surface area contributed by atoms with Crippen molar-refractivity contribution in [3.05, 3.63) is 88.5 Å². The Labute approximate surface area is 175 Å². The number of rotatable bonds is 2. The summed E-state index contributed by atoms with van der Waals surface area (Å²) in [4.78, 5) is 13.6. The van der Waals surface area contributed by atoms with E-state index >= 15 is 0 Å². The first-order chi connectivity index (χ1) is 14.4. The molecule has 4 heteroatoms. The Hall–Kier alpha value is -3.14. The van der Waals surface area contributed by atoms with E-state index in [1.54, 1.807) is 4.63 Å². The lowest BCUT2D eigenvalue weighted by Crippen LogP contribution is -2.31. The van der Waals surface area contributed by atoms with Crippen LogP contribution in [0.2, 0.25) is 0 Å². The van der Waals surface area contributed by atoms with Gasteiger partial charge in [0.05, 0.1) is 17.0 Å². The van der Waals surface area contributed by atoms with Gasteiger partial charge in [0.15, 0.2) is 0 Å². The highest BCUT2D eigenvalue weighted by Gasteiger charge is 2.60. The van der Waals surface area contributed by atoms with Gasteiger partial charge in [0.2, 0.25) is 0 Å². The Kier molecular flexibility index (Phi) is 3.37. The summed E-state index contributed by atoms with van der Waals surface area (Å²) in [7, 11) is 0. The van der Waals surface area contributed by atoms with E-state index in [1.807, 2.05) is 53.0 Å². The van der Waals surface area contributed by atoms with E-state index < -0.39 is 0 Å². The largest absolute Gasteiger partial charge is 0.296 e. The van der Waals surface area contributed by atoms with E-state index in [4.69, 9.17) is 5.10 Å². The molecule has 2 aliphatic rings. The Morgan fingerprint density at radius 1 is 0.933 bits per heavy atom. The second kappa shape index (κ2) is 5.72. The lowest BCUT2D eigenvalue weighted by Gasteiger charge is -2.34. The molecule has 30 heavy (non-hydrogen) atoms. The molecule has 0 saturated heterocycles. The zero-order chi connectivity index (χ0) is 20.7. The molecule has 2 heterocycles. The van der Waals surface area contributed by atoms with Crippen LogP contribution in [0.1, 0.15) is 50.8 Å². The minimum absolute atomic E-state index is 0.0615.